The van der Waals surface area contributed by atoms with Crippen molar-refractivity contribution >= 4 is 10.0 Å². The first-order valence-corrected chi connectivity index (χ1v) is 8.56. The summed E-state index contributed by atoms with van der Waals surface area (Å²) >= 11 is 0. The van der Waals surface area contributed by atoms with Crippen molar-refractivity contribution in [2.75, 3.05) is 17.3 Å². The SMILES string of the molecule is CCCCS(C#N)(CCCC)CCCC. The van der Waals surface area contributed by atoms with Gasteiger partial charge in [0, 0.05) is 0 Å². The van der Waals surface area contributed by atoms with Crippen LogP contribution in [0.15, 0.2) is 0 Å². The van der Waals surface area contributed by atoms with Crippen molar-refractivity contribution in [1.82, 2.24) is 0 Å². The molecule has 0 amide bonds. The van der Waals surface area contributed by atoms with Crippen LogP contribution in [-0.2, 0) is 0 Å². The average molecular weight is 229 g/mol. The highest BCUT2D eigenvalue weighted by Gasteiger charge is 2.21. The van der Waals surface area contributed by atoms with Crippen LogP contribution < -0.4 is 0 Å². The number of thiocyanates is 1. The molecule has 15 heavy (non-hydrogen) atoms. The van der Waals surface area contributed by atoms with E-state index in [2.05, 4.69) is 26.2 Å². The van der Waals surface area contributed by atoms with Crippen molar-refractivity contribution in [3.63, 3.8) is 0 Å². The first-order chi connectivity index (χ1) is 7.24. The van der Waals surface area contributed by atoms with Gasteiger partial charge in [-0.25, -0.2) is 0 Å². The van der Waals surface area contributed by atoms with Crippen LogP contribution in [0.2, 0.25) is 0 Å². The molecular weight excluding hydrogens is 202 g/mol. The molecule has 0 saturated carbocycles. The van der Waals surface area contributed by atoms with E-state index < -0.39 is 10.0 Å². The molecule has 0 N–H and O–H groups in total. The van der Waals surface area contributed by atoms with E-state index in [9.17, 15) is 5.26 Å². The van der Waals surface area contributed by atoms with E-state index in [1.54, 1.807) is 0 Å². The Morgan fingerprint density at radius 2 is 1.13 bits per heavy atom. The van der Waals surface area contributed by atoms with Crippen LogP contribution in [0.1, 0.15) is 59.3 Å². The minimum Gasteiger partial charge on any atom is -0.187 e. The summed E-state index contributed by atoms with van der Waals surface area (Å²) in [6, 6.07) is 0. The molecule has 1 nitrogen and oxygen atoms in total. The first-order valence-electron chi connectivity index (χ1n) is 6.42. The van der Waals surface area contributed by atoms with Gasteiger partial charge in [0.1, 0.15) is 5.40 Å². The number of unbranched alkanes of at least 4 members (excludes halogenated alkanes) is 3. The van der Waals surface area contributed by atoms with E-state index in [1.807, 2.05) is 0 Å². The van der Waals surface area contributed by atoms with Crippen molar-refractivity contribution in [3.05, 3.63) is 0 Å². The van der Waals surface area contributed by atoms with Crippen LogP contribution in [0.5, 0.6) is 0 Å². The second kappa shape index (κ2) is 9.09. The zero-order valence-electron chi connectivity index (χ0n) is 10.7. The van der Waals surface area contributed by atoms with E-state index in [0.29, 0.717) is 0 Å². The minimum atomic E-state index is -0.915. The molecule has 0 unspecified atom stereocenters. The molecular formula is C13H27NS. The summed E-state index contributed by atoms with van der Waals surface area (Å²) in [7, 11) is -0.915. The molecule has 0 aromatic rings. The Morgan fingerprint density at radius 1 is 0.800 bits per heavy atom. The van der Waals surface area contributed by atoms with Gasteiger partial charge >= 0.3 is 0 Å². The molecule has 0 aliphatic heterocycles. The van der Waals surface area contributed by atoms with Gasteiger partial charge in [0.2, 0.25) is 0 Å². The molecule has 0 aliphatic rings. The van der Waals surface area contributed by atoms with E-state index >= 15 is 0 Å². The summed E-state index contributed by atoms with van der Waals surface area (Å²) in [5, 5.41) is 12.1. The van der Waals surface area contributed by atoms with Gasteiger partial charge in [0.15, 0.2) is 0 Å². The zero-order valence-corrected chi connectivity index (χ0v) is 11.5. The first kappa shape index (κ1) is 14.8. The maximum absolute atomic E-state index is 9.44. The van der Waals surface area contributed by atoms with Crippen LogP contribution in [0, 0.1) is 10.7 Å². The molecule has 0 aromatic carbocycles. The van der Waals surface area contributed by atoms with Gasteiger partial charge in [-0.15, -0.1) is 0 Å². The normalized spacial score (nSPS) is 12.4. The molecule has 0 atom stereocenters. The third-order valence-electron chi connectivity index (χ3n) is 2.86. The van der Waals surface area contributed by atoms with Gasteiger partial charge in [0.05, 0.1) is 0 Å². The van der Waals surface area contributed by atoms with Crippen LogP contribution in [0.3, 0.4) is 0 Å². The number of hydrogen-bond acceptors (Lipinski definition) is 1. The molecule has 0 saturated heterocycles. The zero-order chi connectivity index (χ0) is 11.6. The van der Waals surface area contributed by atoms with E-state index in [4.69, 9.17) is 0 Å². The molecule has 2 heteroatoms. The van der Waals surface area contributed by atoms with Crippen molar-refractivity contribution in [1.29, 1.82) is 5.26 Å². The number of nitrogens with zero attached hydrogens (tertiary/aromatic N) is 1. The predicted molar refractivity (Wildman–Crippen MR) is 72.5 cm³/mol. The van der Waals surface area contributed by atoms with Crippen LogP contribution in [0.4, 0.5) is 0 Å². The van der Waals surface area contributed by atoms with E-state index in [1.165, 1.54) is 55.8 Å². The Morgan fingerprint density at radius 3 is 1.33 bits per heavy atom. The Kier molecular flexibility index (Phi) is 9.00. The number of hydrogen-bond donors (Lipinski definition) is 0. The number of nitriles is 1. The Balaban J connectivity index is 4.25. The standard InChI is InChI=1S/C13H27NS/c1-4-7-10-15(13-14,11-8-5-2)12-9-6-3/h4-12H2,1-3H3. The summed E-state index contributed by atoms with van der Waals surface area (Å²) in [4.78, 5) is 0. The molecule has 0 spiro atoms. The second-order valence-corrected chi connectivity index (χ2v) is 7.81. The van der Waals surface area contributed by atoms with Gasteiger partial charge in [-0.3, -0.25) is 0 Å². The number of rotatable bonds is 9. The van der Waals surface area contributed by atoms with Crippen LogP contribution >= 0.6 is 10.0 Å². The average Bonchev–Trinajstić information content (AvgIpc) is 2.29. The van der Waals surface area contributed by atoms with Crippen molar-refractivity contribution in [2.45, 2.75) is 59.3 Å². The van der Waals surface area contributed by atoms with Crippen molar-refractivity contribution in [2.24, 2.45) is 0 Å². The monoisotopic (exact) mass is 229 g/mol. The van der Waals surface area contributed by atoms with Gasteiger partial charge < -0.3 is 0 Å². The quantitative estimate of drug-likeness (QED) is 0.527. The van der Waals surface area contributed by atoms with Gasteiger partial charge in [-0.2, -0.15) is 15.3 Å². The Hall–Kier alpha value is -0.160. The summed E-state index contributed by atoms with van der Waals surface area (Å²) in [5.74, 6) is 3.58. The van der Waals surface area contributed by atoms with Crippen molar-refractivity contribution < 1.29 is 0 Å². The summed E-state index contributed by atoms with van der Waals surface area (Å²) in [5.41, 5.74) is 0. The van der Waals surface area contributed by atoms with Gasteiger partial charge in [0.25, 0.3) is 0 Å². The lowest BCUT2D eigenvalue weighted by Gasteiger charge is -2.32. The minimum absolute atomic E-state index is 0.915. The van der Waals surface area contributed by atoms with Gasteiger partial charge in [-0.1, -0.05) is 40.0 Å². The fraction of sp³-hybridized carbons (Fsp3) is 0.923. The Labute approximate surface area is 97.6 Å². The summed E-state index contributed by atoms with van der Waals surface area (Å²) < 4.78 is 0. The lowest BCUT2D eigenvalue weighted by atomic mass is 10.4. The van der Waals surface area contributed by atoms with Crippen LogP contribution in [-0.4, -0.2) is 17.3 Å². The molecule has 0 aliphatic carbocycles. The molecule has 0 aromatic heterocycles. The maximum atomic E-state index is 9.44. The Bertz CT molecular complexity index is 162. The fourth-order valence-electron chi connectivity index (χ4n) is 1.71. The highest BCUT2D eigenvalue weighted by molar-refractivity contribution is 8.37. The smallest absolute Gasteiger partial charge is 0.113 e. The molecule has 0 rings (SSSR count). The topological polar surface area (TPSA) is 23.8 Å². The van der Waals surface area contributed by atoms with Crippen molar-refractivity contribution in [3.8, 4) is 5.40 Å². The second-order valence-electron chi connectivity index (χ2n) is 4.31. The van der Waals surface area contributed by atoms with Crippen LogP contribution in [0.25, 0.3) is 0 Å². The summed E-state index contributed by atoms with van der Waals surface area (Å²) in [6.07, 6.45) is 7.43. The molecule has 0 bridgehead atoms. The third kappa shape index (κ3) is 6.10. The van der Waals surface area contributed by atoms with E-state index in [-0.39, 0.29) is 0 Å². The largest absolute Gasteiger partial charge is 0.187 e. The molecule has 0 fully saturated rings. The molecule has 90 valence electrons. The lowest BCUT2D eigenvalue weighted by molar-refractivity contribution is 0.851. The van der Waals surface area contributed by atoms with Gasteiger partial charge in [-0.05, 0) is 36.5 Å². The lowest BCUT2D eigenvalue weighted by Crippen LogP contribution is -2.12. The highest BCUT2D eigenvalue weighted by atomic mass is 32.3. The third-order valence-corrected chi connectivity index (χ3v) is 6.46. The highest BCUT2D eigenvalue weighted by Crippen LogP contribution is 2.49. The summed E-state index contributed by atoms with van der Waals surface area (Å²) in [6.45, 7) is 6.67. The fourth-order valence-corrected chi connectivity index (χ4v) is 5.12. The molecule has 0 radical (unpaired) electrons. The predicted octanol–water partition coefficient (Wildman–Crippen LogP) is 4.67. The molecule has 0 heterocycles. The van der Waals surface area contributed by atoms with E-state index in [0.717, 1.165) is 0 Å². The maximum Gasteiger partial charge on any atom is 0.113 e.